The zero-order valence-electron chi connectivity index (χ0n) is 23.7. The Labute approximate surface area is 228 Å². The fourth-order valence-electron chi connectivity index (χ4n) is 9.54. The molecule has 5 nitrogen and oxygen atoms in total. The standard InChI is InChI=1S/C33H47NO4/c1-5-24-28-19-23(35)13-16-33(28,4)27-14-17-32(3)25(11-12-26(32)29(27)30(24)36)21(2)15-18-34-31(37)38-20-22-9-7-6-8-10-22/h5-10,21,23,25-29,35H,11-20H2,1-4H3,(H,34,37)/b24-5+/t21-,23-,25-,26+,27+,28+,29+,32-,33-/m1/s1. The van der Waals surface area contributed by atoms with Crippen LogP contribution in [0.1, 0.15) is 84.6 Å². The zero-order valence-corrected chi connectivity index (χ0v) is 23.7. The van der Waals surface area contributed by atoms with Crippen LogP contribution in [-0.2, 0) is 16.1 Å². The van der Waals surface area contributed by atoms with E-state index in [1.165, 1.54) is 12.8 Å². The molecule has 1 aromatic rings. The summed E-state index contributed by atoms with van der Waals surface area (Å²) < 4.78 is 5.38. The molecular weight excluding hydrogens is 474 g/mol. The topological polar surface area (TPSA) is 75.6 Å². The molecule has 4 fully saturated rings. The van der Waals surface area contributed by atoms with Gasteiger partial charge in [-0.3, -0.25) is 4.79 Å². The SMILES string of the molecule is C/C=C1/C(=O)[C@@H]2[C@H](CC[C@]3(C)[C@@H]([C@H](C)CCNC(=O)OCc4ccccc4)CC[C@@H]23)[C@@]2(C)CC[C@@H](O)C[C@@H]12. The molecule has 208 valence electrons. The quantitative estimate of drug-likeness (QED) is 0.409. The minimum Gasteiger partial charge on any atom is -0.445 e. The predicted molar refractivity (Wildman–Crippen MR) is 149 cm³/mol. The number of rotatable bonds is 6. The number of Topliss-reactive ketones (excluding diaryl/α,β-unsaturated/α-hetero) is 1. The Hall–Kier alpha value is -2.14. The third kappa shape index (κ3) is 4.74. The molecule has 4 saturated carbocycles. The van der Waals surface area contributed by atoms with Gasteiger partial charge in [0, 0.05) is 12.5 Å². The Morgan fingerprint density at radius 3 is 2.55 bits per heavy atom. The monoisotopic (exact) mass is 521 g/mol. The minimum atomic E-state index is -0.357. The van der Waals surface area contributed by atoms with Crippen molar-refractivity contribution in [2.45, 2.75) is 91.8 Å². The molecule has 5 rings (SSSR count). The molecule has 0 unspecified atom stereocenters. The summed E-state index contributed by atoms with van der Waals surface area (Å²) in [5.41, 5.74) is 2.28. The van der Waals surface area contributed by atoms with Gasteiger partial charge in [0.2, 0.25) is 0 Å². The Morgan fingerprint density at radius 1 is 1.11 bits per heavy atom. The molecule has 0 aliphatic heterocycles. The summed E-state index contributed by atoms with van der Waals surface area (Å²) >= 11 is 0. The Bertz CT molecular complexity index is 1050. The summed E-state index contributed by atoms with van der Waals surface area (Å²) in [6, 6.07) is 9.75. The number of benzene rings is 1. The van der Waals surface area contributed by atoms with Crippen molar-refractivity contribution in [3.05, 3.63) is 47.5 Å². The van der Waals surface area contributed by atoms with Gasteiger partial charge >= 0.3 is 6.09 Å². The Balaban J connectivity index is 1.22. The van der Waals surface area contributed by atoms with Gasteiger partial charge in [-0.15, -0.1) is 0 Å². The van der Waals surface area contributed by atoms with Crippen molar-refractivity contribution in [3.63, 3.8) is 0 Å². The largest absolute Gasteiger partial charge is 0.445 e. The van der Waals surface area contributed by atoms with E-state index in [1.54, 1.807) is 0 Å². The lowest BCUT2D eigenvalue weighted by Crippen LogP contribution is -2.58. The molecule has 2 N–H and O–H groups in total. The highest BCUT2D eigenvalue weighted by Gasteiger charge is 2.64. The smallest absolute Gasteiger partial charge is 0.407 e. The maximum Gasteiger partial charge on any atom is 0.407 e. The lowest BCUT2D eigenvalue weighted by molar-refractivity contribution is -0.150. The van der Waals surface area contributed by atoms with Gasteiger partial charge < -0.3 is 15.2 Å². The minimum absolute atomic E-state index is 0.120. The van der Waals surface area contributed by atoms with E-state index in [1.807, 2.05) is 37.3 Å². The van der Waals surface area contributed by atoms with Crippen molar-refractivity contribution in [1.29, 1.82) is 0 Å². The van der Waals surface area contributed by atoms with Crippen molar-refractivity contribution < 1.29 is 19.4 Å². The molecule has 0 saturated heterocycles. The normalized spacial score (nSPS) is 40.1. The highest BCUT2D eigenvalue weighted by atomic mass is 16.5. The number of hydrogen-bond donors (Lipinski definition) is 2. The van der Waals surface area contributed by atoms with Crippen LogP contribution in [0, 0.1) is 46.3 Å². The number of hydrogen-bond acceptors (Lipinski definition) is 4. The second kappa shape index (κ2) is 10.8. The number of ether oxygens (including phenoxy) is 1. The molecule has 1 amide bonds. The van der Waals surface area contributed by atoms with E-state index in [0.717, 1.165) is 49.7 Å². The highest BCUT2D eigenvalue weighted by Crippen LogP contribution is 2.68. The summed E-state index contributed by atoms with van der Waals surface area (Å²) in [6.07, 6.45) is 9.60. The number of amides is 1. The fraction of sp³-hybridized carbons (Fsp3) is 0.697. The van der Waals surface area contributed by atoms with Gasteiger partial charge in [0.05, 0.1) is 6.10 Å². The molecule has 0 radical (unpaired) electrons. The first-order valence-corrected chi connectivity index (χ1v) is 15.0. The molecule has 1 aromatic carbocycles. The molecule has 0 bridgehead atoms. The first kappa shape index (κ1) is 27.4. The van der Waals surface area contributed by atoms with Crippen molar-refractivity contribution in [2.24, 2.45) is 46.3 Å². The molecule has 5 heteroatoms. The summed E-state index contributed by atoms with van der Waals surface area (Å²) in [5, 5.41) is 13.4. The van der Waals surface area contributed by atoms with Crippen molar-refractivity contribution in [1.82, 2.24) is 5.32 Å². The third-order valence-corrected chi connectivity index (χ3v) is 11.6. The van der Waals surface area contributed by atoms with Gasteiger partial charge in [0.15, 0.2) is 5.78 Å². The van der Waals surface area contributed by atoms with E-state index in [0.29, 0.717) is 36.0 Å². The van der Waals surface area contributed by atoms with Crippen molar-refractivity contribution >= 4 is 11.9 Å². The average molecular weight is 522 g/mol. The van der Waals surface area contributed by atoms with E-state index in [2.05, 4.69) is 32.2 Å². The molecule has 0 heterocycles. The van der Waals surface area contributed by atoms with E-state index in [-0.39, 0.29) is 41.5 Å². The van der Waals surface area contributed by atoms with Crippen LogP contribution in [0.2, 0.25) is 0 Å². The molecule has 4 aliphatic carbocycles. The van der Waals surface area contributed by atoms with E-state index >= 15 is 0 Å². The van der Waals surface area contributed by atoms with Crippen molar-refractivity contribution in [3.8, 4) is 0 Å². The maximum absolute atomic E-state index is 14.1. The van der Waals surface area contributed by atoms with Gasteiger partial charge in [0.25, 0.3) is 0 Å². The number of aliphatic hydroxyl groups excluding tert-OH is 1. The van der Waals surface area contributed by atoms with Crippen LogP contribution in [0.5, 0.6) is 0 Å². The van der Waals surface area contributed by atoms with Crippen LogP contribution in [0.4, 0.5) is 4.79 Å². The van der Waals surface area contributed by atoms with Crippen LogP contribution < -0.4 is 5.32 Å². The van der Waals surface area contributed by atoms with Crippen LogP contribution >= 0.6 is 0 Å². The molecule has 0 aromatic heterocycles. The van der Waals surface area contributed by atoms with E-state index < -0.39 is 0 Å². The number of alkyl carbamates (subject to hydrolysis) is 1. The number of ketones is 1. The lowest BCUT2D eigenvalue weighted by atomic mass is 9.43. The average Bonchev–Trinajstić information content (AvgIpc) is 3.26. The number of carbonyl (C=O) groups is 2. The summed E-state index contributed by atoms with van der Waals surface area (Å²) in [5.74, 6) is 2.63. The van der Waals surface area contributed by atoms with Crippen LogP contribution in [0.3, 0.4) is 0 Å². The van der Waals surface area contributed by atoms with Crippen LogP contribution in [-0.4, -0.2) is 29.6 Å². The molecule has 38 heavy (non-hydrogen) atoms. The second-order valence-corrected chi connectivity index (χ2v) is 13.3. The van der Waals surface area contributed by atoms with E-state index in [4.69, 9.17) is 4.74 Å². The summed E-state index contributed by atoms with van der Waals surface area (Å²) in [6.45, 7) is 10.1. The van der Waals surface area contributed by atoms with Crippen LogP contribution in [0.15, 0.2) is 42.0 Å². The first-order valence-electron chi connectivity index (χ1n) is 15.0. The number of allylic oxidation sites excluding steroid dienone is 2. The number of carbonyl (C=O) groups excluding carboxylic acids is 2. The van der Waals surface area contributed by atoms with Gasteiger partial charge in [-0.05, 0) is 110 Å². The molecule has 4 aliphatic rings. The van der Waals surface area contributed by atoms with Crippen LogP contribution in [0.25, 0.3) is 0 Å². The Morgan fingerprint density at radius 2 is 1.82 bits per heavy atom. The molecule has 0 spiro atoms. The lowest BCUT2D eigenvalue weighted by Gasteiger charge is -2.61. The highest BCUT2D eigenvalue weighted by molar-refractivity contribution is 5.99. The van der Waals surface area contributed by atoms with Crippen molar-refractivity contribution in [2.75, 3.05) is 6.54 Å². The van der Waals surface area contributed by atoms with Gasteiger partial charge in [-0.25, -0.2) is 4.79 Å². The molecular formula is C33H47NO4. The zero-order chi connectivity index (χ0) is 27.1. The Kier molecular flexibility index (Phi) is 7.79. The maximum atomic E-state index is 14.1. The number of nitrogens with one attached hydrogen (secondary N) is 1. The predicted octanol–water partition coefficient (Wildman–Crippen LogP) is 6.69. The third-order valence-electron chi connectivity index (χ3n) is 11.6. The second-order valence-electron chi connectivity index (χ2n) is 13.3. The van der Waals surface area contributed by atoms with Gasteiger partial charge in [0.1, 0.15) is 6.61 Å². The number of aliphatic hydroxyl groups is 1. The van der Waals surface area contributed by atoms with Gasteiger partial charge in [-0.2, -0.15) is 0 Å². The first-order chi connectivity index (χ1) is 18.2. The van der Waals surface area contributed by atoms with Gasteiger partial charge in [-0.1, -0.05) is 57.2 Å². The van der Waals surface area contributed by atoms with E-state index in [9.17, 15) is 14.7 Å². The fourth-order valence-corrected chi connectivity index (χ4v) is 9.54. The number of fused-ring (bicyclic) bond motifs is 5. The molecule has 9 atom stereocenters. The summed E-state index contributed by atoms with van der Waals surface area (Å²) in [7, 11) is 0. The summed E-state index contributed by atoms with van der Waals surface area (Å²) in [4.78, 5) is 26.3.